The summed E-state index contributed by atoms with van der Waals surface area (Å²) in [4.78, 5) is 23.9. The fraction of sp³-hybridized carbons (Fsp3) is 0.350. The first kappa shape index (κ1) is 22.0. The molecule has 0 aliphatic heterocycles. The quantitative estimate of drug-likeness (QED) is 0.407. The minimum absolute atomic E-state index is 0.0343. The lowest BCUT2D eigenvalue weighted by Gasteiger charge is -2.22. The molecule has 0 aliphatic rings. The maximum absolute atomic E-state index is 11.8. The summed E-state index contributed by atoms with van der Waals surface area (Å²) >= 11 is 0. The van der Waals surface area contributed by atoms with Crippen molar-refractivity contribution in [2.45, 2.75) is 0 Å². The number of nitrogens with zero attached hydrogens (tertiary/aromatic N) is 7. The summed E-state index contributed by atoms with van der Waals surface area (Å²) in [6.45, 7) is 1.38. The van der Waals surface area contributed by atoms with E-state index in [1.807, 2.05) is 44.2 Å². The number of anilines is 3. The molecule has 0 spiro atoms. The van der Waals surface area contributed by atoms with E-state index in [2.05, 4.69) is 20.4 Å². The van der Waals surface area contributed by atoms with Crippen molar-refractivity contribution in [3.05, 3.63) is 46.9 Å². The molecule has 0 fully saturated rings. The third-order valence-corrected chi connectivity index (χ3v) is 4.69. The van der Waals surface area contributed by atoms with Gasteiger partial charge in [-0.25, -0.2) is 9.97 Å². The summed E-state index contributed by atoms with van der Waals surface area (Å²) in [5.41, 5.74) is 2.36. The molecule has 0 aliphatic carbocycles. The number of rotatable bonds is 9. The van der Waals surface area contributed by atoms with Crippen molar-refractivity contribution < 1.29 is 9.66 Å². The number of hydrogen-bond donors (Lipinski definition) is 1. The van der Waals surface area contributed by atoms with Gasteiger partial charge in [0.05, 0.1) is 29.6 Å². The smallest absolute Gasteiger partial charge is 0.294 e. The number of hydrogen-bond acceptors (Lipinski definition) is 9. The number of likely N-dealkylation sites (N-methyl/N-ethyl adjacent to an activating group) is 2. The van der Waals surface area contributed by atoms with Crippen molar-refractivity contribution >= 4 is 23.0 Å². The number of aryl methyl sites for hydroxylation is 1. The van der Waals surface area contributed by atoms with Crippen molar-refractivity contribution in [1.82, 2.24) is 24.6 Å². The van der Waals surface area contributed by atoms with Crippen molar-refractivity contribution in [3.8, 4) is 17.0 Å². The van der Waals surface area contributed by atoms with Crippen LogP contribution in [0.3, 0.4) is 0 Å². The molecule has 3 aromatic rings. The van der Waals surface area contributed by atoms with Crippen LogP contribution in [0.2, 0.25) is 0 Å². The van der Waals surface area contributed by atoms with Gasteiger partial charge in [-0.3, -0.25) is 14.8 Å². The van der Waals surface area contributed by atoms with Crippen LogP contribution in [-0.4, -0.2) is 70.9 Å². The largest absolute Gasteiger partial charge is 0.494 e. The Kier molecular flexibility index (Phi) is 6.65. The molecule has 0 radical (unpaired) electrons. The Morgan fingerprint density at radius 3 is 2.65 bits per heavy atom. The van der Waals surface area contributed by atoms with E-state index >= 15 is 0 Å². The van der Waals surface area contributed by atoms with E-state index < -0.39 is 4.92 Å². The maximum atomic E-state index is 11.8. The van der Waals surface area contributed by atoms with Crippen LogP contribution in [0.25, 0.3) is 11.3 Å². The zero-order valence-corrected chi connectivity index (χ0v) is 18.2. The SMILES string of the molecule is COc1cc(N(C)CCN(C)C)c([N+](=O)[O-])cc1Nc1nccc(-c2cnn(C)c2)n1. The molecule has 31 heavy (non-hydrogen) atoms. The normalized spacial score (nSPS) is 10.9. The predicted molar refractivity (Wildman–Crippen MR) is 119 cm³/mol. The van der Waals surface area contributed by atoms with Gasteiger partial charge in [-0.1, -0.05) is 0 Å². The number of nitrogens with one attached hydrogen (secondary N) is 1. The van der Waals surface area contributed by atoms with Crippen molar-refractivity contribution in [2.75, 3.05) is 51.6 Å². The van der Waals surface area contributed by atoms with Gasteiger partial charge in [-0.05, 0) is 20.2 Å². The fourth-order valence-corrected chi connectivity index (χ4v) is 3.00. The Morgan fingerprint density at radius 2 is 2.03 bits per heavy atom. The minimum atomic E-state index is -0.404. The Balaban J connectivity index is 1.94. The molecule has 1 N–H and O–H groups in total. The van der Waals surface area contributed by atoms with Crippen LogP contribution in [0.1, 0.15) is 0 Å². The number of nitro benzene ring substituents is 1. The topological polar surface area (TPSA) is 114 Å². The second-order valence-electron chi connectivity index (χ2n) is 7.32. The molecule has 0 saturated carbocycles. The van der Waals surface area contributed by atoms with Crippen LogP contribution in [0.4, 0.5) is 23.0 Å². The summed E-state index contributed by atoms with van der Waals surface area (Å²) in [6.07, 6.45) is 5.16. The van der Waals surface area contributed by atoms with Crippen LogP contribution in [0, 0.1) is 10.1 Å². The molecule has 1 aromatic carbocycles. The second-order valence-corrected chi connectivity index (χ2v) is 7.32. The van der Waals surface area contributed by atoms with Gasteiger partial charge in [0.15, 0.2) is 0 Å². The second kappa shape index (κ2) is 9.39. The predicted octanol–water partition coefficient (Wildman–Crippen LogP) is 2.54. The zero-order valence-electron chi connectivity index (χ0n) is 18.2. The lowest BCUT2D eigenvalue weighted by molar-refractivity contribution is -0.384. The lowest BCUT2D eigenvalue weighted by atomic mass is 10.2. The van der Waals surface area contributed by atoms with Crippen LogP contribution < -0.4 is 15.0 Å². The fourth-order valence-electron chi connectivity index (χ4n) is 3.00. The van der Waals surface area contributed by atoms with E-state index in [0.717, 1.165) is 12.1 Å². The van der Waals surface area contributed by atoms with E-state index in [-0.39, 0.29) is 5.69 Å². The first-order valence-corrected chi connectivity index (χ1v) is 9.60. The molecule has 2 heterocycles. The van der Waals surface area contributed by atoms with Crippen LogP contribution in [0.15, 0.2) is 36.8 Å². The average molecular weight is 426 g/mol. The van der Waals surface area contributed by atoms with Gasteiger partial charge >= 0.3 is 0 Å². The van der Waals surface area contributed by atoms with Crippen LogP contribution in [-0.2, 0) is 7.05 Å². The van der Waals surface area contributed by atoms with Gasteiger partial charge in [0.25, 0.3) is 5.69 Å². The first-order valence-electron chi connectivity index (χ1n) is 9.60. The van der Waals surface area contributed by atoms with Gasteiger partial charge < -0.3 is 19.9 Å². The standard InChI is InChI=1S/C20H26N8O3/c1-25(2)8-9-26(3)17-11-19(31-5)16(10-18(17)28(29)30)24-20-21-7-6-15(23-20)14-12-22-27(4)13-14/h6-7,10-13H,8-9H2,1-5H3,(H,21,23,24). The van der Waals surface area contributed by atoms with Gasteiger partial charge in [-0.2, -0.15) is 5.10 Å². The molecule has 0 bridgehead atoms. The average Bonchev–Trinajstić information content (AvgIpc) is 3.18. The molecule has 2 aromatic heterocycles. The lowest BCUT2D eigenvalue weighted by Crippen LogP contribution is -2.28. The van der Waals surface area contributed by atoms with E-state index in [9.17, 15) is 10.1 Å². The molecule has 11 heteroatoms. The minimum Gasteiger partial charge on any atom is -0.494 e. The third kappa shape index (κ3) is 5.25. The van der Waals surface area contributed by atoms with E-state index in [1.54, 1.807) is 29.2 Å². The molecule has 0 saturated heterocycles. The summed E-state index contributed by atoms with van der Waals surface area (Å²) in [6, 6.07) is 4.87. The Labute approximate surface area is 180 Å². The number of aromatic nitrogens is 4. The monoisotopic (exact) mass is 426 g/mol. The highest BCUT2D eigenvalue weighted by molar-refractivity contribution is 5.77. The number of methoxy groups -OCH3 is 1. The third-order valence-electron chi connectivity index (χ3n) is 4.69. The van der Waals surface area contributed by atoms with Gasteiger partial charge in [0.1, 0.15) is 11.4 Å². The van der Waals surface area contributed by atoms with Crippen molar-refractivity contribution in [1.29, 1.82) is 0 Å². The van der Waals surface area contributed by atoms with E-state index in [0.29, 0.717) is 35.3 Å². The Bertz CT molecular complexity index is 1070. The molecule has 164 valence electrons. The molecule has 0 amide bonds. The summed E-state index contributed by atoms with van der Waals surface area (Å²) < 4.78 is 7.18. The van der Waals surface area contributed by atoms with Crippen LogP contribution in [0.5, 0.6) is 5.75 Å². The van der Waals surface area contributed by atoms with E-state index in [4.69, 9.17) is 4.74 Å². The number of benzene rings is 1. The van der Waals surface area contributed by atoms with Gasteiger partial charge in [-0.15, -0.1) is 0 Å². The van der Waals surface area contributed by atoms with E-state index in [1.165, 1.54) is 13.2 Å². The highest BCUT2D eigenvalue weighted by Crippen LogP contribution is 2.38. The maximum Gasteiger partial charge on any atom is 0.294 e. The Morgan fingerprint density at radius 1 is 1.26 bits per heavy atom. The molecular formula is C20H26N8O3. The molecule has 0 unspecified atom stereocenters. The number of ether oxygens (including phenoxy) is 1. The van der Waals surface area contributed by atoms with Crippen molar-refractivity contribution in [2.24, 2.45) is 7.05 Å². The summed E-state index contributed by atoms with van der Waals surface area (Å²) in [7, 11) is 9.07. The first-order chi connectivity index (χ1) is 14.8. The van der Waals surface area contributed by atoms with Gasteiger partial charge in [0.2, 0.25) is 5.95 Å². The van der Waals surface area contributed by atoms with Crippen molar-refractivity contribution in [3.63, 3.8) is 0 Å². The Hall–Kier alpha value is -3.73. The molecule has 3 rings (SSSR count). The zero-order chi connectivity index (χ0) is 22.5. The summed E-state index contributed by atoms with van der Waals surface area (Å²) in [5, 5.41) is 19.0. The molecule has 0 atom stereocenters. The molecular weight excluding hydrogens is 400 g/mol. The van der Waals surface area contributed by atoms with Gasteiger partial charge in [0, 0.05) is 57.3 Å². The highest BCUT2D eigenvalue weighted by atomic mass is 16.6. The van der Waals surface area contributed by atoms with Crippen LogP contribution >= 0.6 is 0 Å². The number of nitro groups is 1. The highest BCUT2D eigenvalue weighted by Gasteiger charge is 2.22. The molecule has 11 nitrogen and oxygen atoms in total. The summed E-state index contributed by atoms with van der Waals surface area (Å²) in [5.74, 6) is 0.746.